The Morgan fingerprint density at radius 1 is 1.18 bits per heavy atom. The lowest BCUT2D eigenvalue weighted by Gasteiger charge is -2.39. The van der Waals surface area contributed by atoms with Gasteiger partial charge in [-0.2, -0.15) is 15.1 Å². The van der Waals surface area contributed by atoms with Gasteiger partial charge in [-0.15, -0.1) is 0 Å². The first-order valence-corrected chi connectivity index (χ1v) is 11.1. The van der Waals surface area contributed by atoms with Gasteiger partial charge in [0.05, 0.1) is 12.6 Å². The number of methoxy groups -OCH3 is 1. The lowest BCUT2D eigenvalue weighted by Crippen LogP contribution is -2.42. The van der Waals surface area contributed by atoms with Crippen LogP contribution >= 0.6 is 0 Å². The number of rotatable bonds is 9. The minimum absolute atomic E-state index is 0.0204. The number of anilines is 3. The topological polar surface area (TPSA) is 127 Å². The second-order valence-corrected chi connectivity index (χ2v) is 8.04. The van der Waals surface area contributed by atoms with Crippen LogP contribution in [-0.2, 0) is 4.74 Å². The number of aryl methyl sites for hydroxylation is 2. The number of pyridine rings is 1. The molecular weight excluding hydrogens is 436 g/mol. The highest BCUT2D eigenvalue weighted by atomic mass is 16.5. The first-order chi connectivity index (χ1) is 16.6. The normalized spacial score (nSPS) is 15.3. The van der Waals surface area contributed by atoms with E-state index < -0.39 is 0 Å². The second kappa shape index (κ2) is 9.48. The van der Waals surface area contributed by atoms with E-state index in [9.17, 15) is 0 Å². The molecule has 0 bridgehead atoms. The summed E-state index contributed by atoms with van der Waals surface area (Å²) in [6.07, 6.45) is 2.67. The zero-order valence-corrected chi connectivity index (χ0v) is 19.3. The van der Waals surface area contributed by atoms with Crippen molar-refractivity contribution in [3.8, 4) is 17.1 Å². The van der Waals surface area contributed by atoms with Crippen LogP contribution in [0.3, 0.4) is 0 Å². The minimum atomic E-state index is -0.0204. The third-order valence-corrected chi connectivity index (χ3v) is 5.61. The van der Waals surface area contributed by atoms with Crippen LogP contribution in [0.1, 0.15) is 29.6 Å². The molecule has 1 aliphatic rings. The van der Waals surface area contributed by atoms with Crippen LogP contribution in [0.4, 0.5) is 17.6 Å². The molecule has 11 heteroatoms. The van der Waals surface area contributed by atoms with Crippen molar-refractivity contribution in [1.29, 1.82) is 0 Å². The van der Waals surface area contributed by atoms with E-state index >= 15 is 0 Å². The molecule has 34 heavy (non-hydrogen) atoms. The first-order valence-electron chi connectivity index (χ1n) is 11.1. The SMILES string of the molecule is COCCOc1cc(Nc2cc(C)[nH]n2)nc(N2CC[C@H]2c2cc(-c3cccnc3C)no2)n1. The van der Waals surface area contributed by atoms with Gasteiger partial charge in [-0.05, 0) is 32.4 Å². The van der Waals surface area contributed by atoms with E-state index in [0.717, 1.165) is 41.4 Å². The zero-order chi connectivity index (χ0) is 23.5. The lowest BCUT2D eigenvalue weighted by molar-refractivity contribution is 0.143. The van der Waals surface area contributed by atoms with Crippen LogP contribution in [0.2, 0.25) is 0 Å². The van der Waals surface area contributed by atoms with Crippen molar-refractivity contribution >= 4 is 17.6 Å². The molecule has 1 atom stereocenters. The van der Waals surface area contributed by atoms with Crippen LogP contribution in [0.15, 0.2) is 41.1 Å². The number of aromatic nitrogens is 6. The average molecular weight is 463 g/mol. The molecule has 0 spiro atoms. The summed E-state index contributed by atoms with van der Waals surface area (Å²) in [7, 11) is 1.63. The quantitative estimate of drug-likeness (QED) is 0.356. The smallest absolute Gasteiger partial charge is 0.231 e. The highest BCUT2D eigenvalue weighted by Crippen LogP contribution is 2.38. The lowest BCUT2D eigenvalue weighted by atomic mass is 10.00. The van der Waals surface area contributed by atoms with E-state index in [1.165, 1.54) is 0 Å². The molecule has 2 N–H and O–H groups in total. The van der Waals surface area contributed by atoms with Gasteiger partial charge < -0.3 is 24.2 Å². The summed E-state index contributed by atoms with van der Waals surface area (Å²) in [5.41, 5.74) is 3.57. The molecule has 176 valence electrons. The summed E-state index contributed by atoms with van der Waals surface area (Å²) < 4.78 is 16.6. The largest absolute Gasteiger partial charge is 0.475 e. The molecular formula is C23H26N8O3. The summed E-state index contributed by atoms with van der Waals surface area (Å²) in [6.45, 7) is 5.52. The molecule has 0 aliphatic carbocycles. The molecule has 1 aliphatic heterocycles. The fraction of sp³-hybridized carbons (Fsp3) is 0.348. The van der Waals surface area contributed by atoms with Gasteiger partial charge in [-0.25, -0.2) is 0 Å². The number of ether oxygens (including phenoxy) is 2. The summed E-state index contributed by atoms with van der Waals surface area (Å²) >= 11 is 0. The molecule has 0 amide bonds. The minimum Gasteiger partial charge on any atom is -0.475 e. The fourth-order valence-corrected chi connectivity index (χ4v) is 3.77. The number of hydrogen-bond donors (Lipinski definition) is 2. The maximum Gasteiger partial charge on any atom is 0.231 e. The Kier molecular flexibility index (Phi) is 6.09. The van der Waals surface area contributed by atoms with Gasteiger partial charge in [0.1, 0.15) is 18.1 Å². The molecule has 0 unspecified atom stereocenters. The molecule has 0 radical (unpaired) electrons. The van der Waals surface area contributed by atoms with E-state index in [-0.39, 0.29) is 6.04 Å². The highest BCUT2D eigenvalue weighted by molar-refractivity contribution is 5.62. The Hall–Kier alpha value is -3.99. The molecule has 4 aromatic rings. The summed E-state index contributed by atoms with van der Waals surface area (Å²) in [5, 5.41) is 14.6. The monoisotopic (exact) mass is 462 g/mol. The second-order valence-electron chi connectivity index (χ2n) is 8.04. The third-order valence-electron chi connectivity index (χ3n) is 5.61. The summed E-state index contributed by atoms with van der Waals surface area (Å²) in [6, 6.07) is 9.47. The van der Waals surface area contributed by atoms with Crippen molar-refractivity contribution in [2.75, 3.05) is 37.1 Å². The van der Waals surface area contributed by atoms with Crippen LogP contribution in [-0.4, -0.2) is 57.2 Å². The Balaban J connectivity index is 1.40. The number of hydrogen-bond acceptors (Lipinski definition) is 10. The third kappa shape index (κ3) is 4.55. The molecule has 11 nitrogen and oxygen atoms in total. The Bertz CT molecular complexity index is 1270. The van der Waals surface area contributed by atoms with Crippen LogP contribution in [0.5, 0.6) is 5.88 Å². The summed E-state index contributed by atoms with van der Waals surface area (Å²) in [5.74, 6) is 3.00. The standard InChI is InChI=1S/C23H26N8O3/c1-14-11-21(29-28-14)25-20-13-22(33-10-9-32-3)27-23(26-20)31-8-6-18(31)19-12-17(30-34-19)16-5-4-7-24-15(16)2/h4-5,7,11-13,18H,6,8-10H2,1-3H3,(H2,25,26,27,28,29)/t18-/m0/s1. The van der Waals surface area contributed by atoms with Gasteiger partial charge in [-0.1, -0.05) is 5.16 Å². The molecule has 5 heterocycles. The van der Waals surface area contributed by atoms with E-state index in [0.29, 0.717) is 36.7 Å². The van der Waals surface area contributed by atoms with Gasteiger partial charge in [0, 0.05) is 55.0 Å². The zero-order valence-electron chi connectivity index (χ0n) is 19.3. The Labute approximate surface area is 196 Å². The van der Waals surface area contributed by atoms with Gasteiger partial charge in [0.15, 0.2) is 11.6 Å². The maximum absolute atomic E-state index is 5.79. The van der Waals surface area contributed by atoms with Crippen LogP contribution in [0.25, 0.3) is 11.3 Å². The molecule has 5 rings (SSSR count). The van der Waals surface area contributed by atoms with Crippen molar-refractivity contribution in [3.05, 3.63) is 53.7 Å². The van der Waals surface area contributed by atoms with Crippen molar-refractivity contribution in [3.63, 3.8) is 0 Å². The number of H-pyrrole nitrogens is 1. The van der Waals surface area contributed by atoms with Gasteiger partial charge >= 0.3 is 0 Å². The number of nitrogens with one attached hydrogen (secondary N) is 2. The number of aromatic amines is 1. The Morgan fingerprint density at radius 2 is 2.09 bits per heavy atom. The molecule has 0 saturated carbocycles. The highest BCUT2D eigenvalue weighted by Gasteiger charge is 2.35. The van der Waals surface area contributed by atoms with E-state index in [4.69, 9.17) is 19.0 Å². The summed E-state index contributed by atoms with van der Waals surface area (Å²) in [4.78, 5) is 15.8. The van der Waals surface area contributed by atoms with Gasteiger partial charge in [0.25, 0.3) is 0 Å². The number of nitrogens with zero attached hydrogens (tertiary/aromatic N) is 6. The van der Waals surface area contributed by atoms with Crippen LogP contribution in [0, 0.1) is 13.8 Å². The maximum atomic E-state index is 5.79. The Morgan fingerprint density at radius 3 is 2.82 bits per heavy atom. The fourth-order valence-electron chi connectivity index (χ4n) is 3.77. The first kappa shape index (κ1) is 21.8. The van der Waals surface area contributed by atoms with E-state index in [1.54, 1.807) is 19.4 Å². The van der Waals surface area contributed by atoms with Crippen molar-refractivity contribution in [2.24, 2.45) is 0 Å². The van der Waals surface area contributed by atoms with Gasteiger partial charge in [0.2, 0.25) is 11.8 Å². The predicted octanol–water partition coefficient (Wildman–Crippen LogP) is 3.59. The molecule has 0 aromatic carbocycles. The van der Waals surface area contributed by atoms with Crippen LogP contribution < -0.4 is 15.0 Å². The van der Waals surface area contributed by atoms with Gasteiger partial charge in [-0.3, -0.25) is 10.1 Å². The van der Waals surface area contributed by atoms with Crippen molar-refractivity contribution in [1.82, 2.24) is 30.3 Å². The molecule has 4 aromatic heterocycles. The van der Waals surface area contributed by atoms with E-state index in [1.807, 2.05) is 38.1 Å². The molecule has 1 saturated heterocycles. The molecule has 1 fully saturated rings. The van der Waals surface area contributed by atoms with E-state index in [2.05, 4.69) is 35.5 Å². The van der Waals surface area contributed by atoms with Crippen molar-refractivity contribution < 1.29 is 14.0 Å². The average Bonchev–Trinajstić information content (AvgIpc) is 3.42. The van der Waals surface area contributed by atoms with Crippen molar-refractivity contribution in [2.45, 2.75) is 26.3 Å². The predicted molar refractivity (Wildman–Crippen MR) is 125 cm³/mol.